The van der Waals surface area contributed by atoms with E-state index >= 15 is 0 Å². The second-order valence-electron chi connectivity index (χ2n) is 4.40. The molecule has 0 aliphatic carbocycles. The number of amides is 2. The highest BCUT2D eigenvalue weighted by Crippen LogP contribution is 2.25. The molecule has 2 amide bonds. The van der Waals surface area contributed by atoms with Crippen molar-refractivity contribution in [3.05, 3.63) is 23.8 Å². The van der Waals surface area contributed by atoms with E-state index in [1.165, 1.54) is 4.90 Å². The average Bonchev–Trinajstić information content (AvgIpc) is 2.43. The van der Waals surface area contributed by atoms with Crippen LogP contribution in [0.3, 0.4) is 0 Å². The number of carbonyl (C=O) groups is 2. The molecule has 0 radical (unpaired) electrons. The van der Waals surface area contributed by atoms with E-state index in [0.29, 0.717) is 12.1 Å². The van der Waals surface area contributed by atoms with E-state index in [1.54, 1.807) is 12.1 Å². The van der Waals surface area contributed by atoms with Crippen molar-refractivity contribution >= 4 is 23.2 Å². The Bertz CT molecular complexity index is 501. The Morgan fingerprint density at radius 1 is 1.26 bits per heavy atom. The molecule has 1 heterocycles. The predicted octanol–water partition coefficient (Wildman–Crippen LogP) is 0.471. The van der Waals surface area contributed by atoms with E-state index in [4.69, 9.17) is 5.73 Å². The fourth-order valence-electron chi connectivity index (χ4n) is 2.07. The molecule has 1 aromatic carbocycles. The minimum Gasteiger partial charge on any atom is -0.382 e. The maximum atomic E-state index is 12.3. The summed E-state index contributed by atoms with van der Waals surface area (Å²) in [5.74, 6) is -0.690. The van der Waals surface area contributed by atoms with Crippen LogP contribution in [0.15, 0.2) is 18.2 Å². The quantitative estimate of drug-likeness (QED) is 0.736. The largest absolute Gasteiger partial charge is 0.382 e. The molecule has 0 atom stereocenters. The van der Waals surface area contributed by atoms with E-state index in [2.05, 4.69) is 10.6 Å². The van der Waals surface area contributed by atoms with Crippen molar-refractivity contribution in [2.24, 2.45) is 5.73 Å². The Hall–Kier alpha value is -2.24. The van der Waals surface area contributed by atoms with Crippen LogP contribution in [0.25, 0.3) is 0 Å². The monoisotopic (exact) mass is 262 g/mol. The Labute approximate surface area is 112 Å². The van der Waals surface area contributed by atoms with Crippen molar-refractivity contribution in [2.75, 3.05) is 36.8 Å². The smallest absolute Gasteiger partial charge is 0.254 e. The van der Waals surface area contributed by atoms with E-state index in [9.17, 15) is 9.59 Å². The van der Waals surface area contributed by atoms with Crippen molar-refractivity contribution in [1.82, 2.24) is 4.90 Å². The number of likely N-dealkylation sites (N-methyl/N-ethyl adjacent to an activating group) is 1. The molecule has 0 fully saturated rings. The van der Waals surface area contributed by atoms with Gasteiger partial charge in [0.1, 0.15) is 0 Å². The summed E-state index contributed by atoms with van der Waals surface area (Å²) < 4.78 is 0. The van der Waals surface area contributed by atoms with Gasteiger partial charge in [-0.2, -0.15) is 0 Å². The van der Waals surface area contributed by atoms with Crippen LogP contribution in [0.2, 0.25) is 0 Å². The number of primary amides is 1. The second kappa shape index (κ2) is 5.60. The summed E-state index contributed by atoms with van der Waals surface area (Å²) in [5, 5.41) is 6.47. The Kier molecular flexibility index (Phi) is 3.89. The molecular formula is C13H18N4O2. The van der Waals surface area contributed by atoms with E-state index in [0.717, 1.165) is 24.5 Å². The first kappa shape index (κ1) is 13.2. The van der Waals surface area contributed by atoms with Gasteiger partial charge in [-0.3, -0.25) is 9.59 Å². The number of fused-ring (bicyclic) bond motifs is 1. The molecule has 1 aliphatic rings. The summed E-state index contributed by atoms with van der Waals surface area (Å²) in [7, 11) is 0. The number of hydrogen-bond acceptors (Lipinski definition) is 4. The number of rotatable bonds is 4. The fourth-order valence-corrected chi connectivity index (χ4v) is 2.07. The van der Waals surface area contributed by atoms with Gasteiger partial charge >= 0.3 is 0 Å². The summed E-state index contributed by atoms with van der Waals surface area (Å²) in [5.41, 5.74) is 7.59. The van der Waals surface area contributed by atoms with Crippen LogP contribution in [0.1, 0.15) is 17.3 Å². The summed E-state index contributed by atoms with van der Waals surface area (Å²) in [4.78, 5) is 24.6. The number of anilines is 2. The Balaban J connectivity index is 2.20. The Morgan fingerprint density at radius 3 is 2.58 bits per heavy atom. The van der Waals surface area contributed by atoms with Gasteiger partial charge in [-0.25, -0.2) is 0 Å². The third-order valence-corrected chi connectivity index (χ3v) is 3.04. The van der Waals surface area contributed by atoms with Crippen molar-refractivity contribution in [1.29, 1.82) is 0 Å². The van der Waals surface area contributed by atoms with Crippen LogP contribution in [-0.2, 0) is 4.79 Å². The predicted molar refractivity (Wildman–Crippen MR) is 74.2 cm³/mol. The molecule has 6 nitrogen and oxygen atoms in total. The van der Waals surface area contributed by atoms with Gasteiger partial charge in [-0.05, 0) is 25.1 Å². The van der Waals surface area contributed by atoms with Crippen LogP contribution < -0.4 is 16.4 Å². The first-order valence-electron chi connectivity index (χ1n) is 6.31. The normalized spacial score (nSPS) is 12.9. The minimum atomic E-state index is -0.507. The number of carbonyl (C=O) groups excluding carboxylic acids is 2. The molecule has 4 N–H and O–H groups in total. The summed E-state index contributed by atoms with van der Waals surface area (Å²) in [6.07, 6.45) is 0. The van der Waals surface area contributed by atoms with Gasteiger partial charge in [-0.1, -0.05) is 0 Å². The lowest BCUT2D eigenvalue weighted by molar-refractivity contribution is -0.118. The highest BCUT2D eigenvalue weighted by atomic mass is 16.2. The summed E-state index contributed by atoms with van der Waals surface area (Å²) in [6, 6.07) is 5.42. The number of nitrogens with zero attached hydrogens (tertiary/aromatic N) is 1. The average molecular weight is 262 g/mol. The molecule has 0 saturated carbocycles. The van der Waals surface area contributed by atoms with Crippen molar-refractivity contribution in [3.8, 4) is 0 Å². The lowest BCUT2D eigenvalue weighted by Gasteiger charge is -2.23. The van der Waals surface area contributed by atoms with E-state index in [1.807, 2.05) is 13.0 Å². The lowest BCUT2D eigenvalue weighted by Crippen LogP contribution is -2.38. The van der Waals surface area contributed by atoms with Crippen LogP contribution >= 0.6 is 0 Å². The standard InChI is InChI=1S/C13H18N4O2/c1-2-17(8-12(14)18)13(19)9-3-4-10-11(7-9)16-6-5-15-10/h3-4,7,15-16H,2,5-6,8H2,1H3,(H2,14,18). The summed E-state index contributed by atoms with van der Waals surface area (Å²) >= 11 is 0. The number of benzene rings is 1. The number of nitrogens with two attached hydrogens (primary N) is 1. The van der Waals surface area contributed by atoms with Gasteiger partial charge in [0.2, 0.25) is 5.91 Å². The molecule has 0 aromatic heterocycles. The minimum absolute atomic E-state index is 0.0574. The molecule has 6 heteroatoms. The number of hydrogen-bond donors (Lipinski definition) is 3. The molecule has 0 spiro atoms. The van der Waals surface area contributed by atoms with E-state index in [-0.39, 0.29) is 12.5 Å². The SMILES string of the molecule is CCN(CC(N)=O)C(=O)c1ccc2c(c1)NCCN2. The molecule has 0 unspecified atom stereocenters. The van der Waals surface area contributed by atoms with Crippen LogP contribution in [-0.4, -0.2) is 42.9 Å². The zero-order valence-corrected chi connectivity index (χ0v) is 10.9. The van der Waals surface area contributed by atoms with Crippen LogP contribution in [0.4, 0.5) is 11.4 Å². The zero-order valence-electron chi connectivity index (χ0n) is 10.9. The first-order chi connectivity index (χ1) is 9.11. The zero-order chi connectivity index (χ0) is 13.8. The van der Waals surface area contributed by atoms with Crippen molar-refractivity contribution in [2.45, 2.75) is 6.92 Å². The third kappa shape index (κ3) is 2.96. The molecular weight excluding hydrogens is 244 g/mol. The molecule has 102 valence electrons. The Morgan fingerprint density at radius 2 is 1.95 bits per heavy atom. The maximum Gasteiger partial charge on any atom is 0.254 e. The maximum absolute atomic E-state index is 12.3. The first-order valence-corrected chi connectivity index (χ1v) is 6.31. The van der Waals surface area contributed by atoms with Crippen molar-refractivity contribution < 1.29 is 9.59 Å². The van der Waals surface area contributed by atoms with Crippen LogP contribution in [0.5, 0.6) is 0 Å². The molecule has 0 saturated heterocycles. The fraction of sp³-hybridized carbons (Fsp3) is 0.385. The molecule has 2 rings (SSSR count). The highest BCUT2D eigenvalue weighted by molar-refractivity contribution is 5.98. The highest BCUT2D eigenvalue weighted by Gasteiger charge is 2.18. The molecule has 1 aromatic rings. The lowest BCUT2D eigenvalue weighted by atomic mass is 10.1. The number of nitrogens with one attached hydrogen (secondary N) is 2. The van der Waals surface area contributed by atoms with Gasteiger partial charge in [0.05, 0.1) is 17.9 Å². The van der Waals surface area contributed by atoms with Gasteiger partial charge in [0, 0.05) is 25.2 Å². The van der Waals surface area contributed by atoms with E-state index < -0.39 is 5.91 Å². The van der Waals surface area contributed by atoms with Crippen molar-refractivity contribution in [3.63, 3.8) is 0 Å². The summed E-state index contributed by atoms with van der Waals surface area (Å²) in [6.45, 7) is 3.90. The van der Waals surface area contributed by atoms with Gasteiger partial charge in [-0.15, -0.1) is 0 Å². The third-order valence-electron chi connectivity index (χ3n) is 3.04. The van der Waals surface area contributed by atoms with Gasteiger partial charge in [0.25, 0.3) is 5.91 Å². The molecule has 19 heavy (non-hydrogen) atoms. The molecule has 0 bridgehead atoms. The molecule has 1 aliphatic heterocycles. The topological polar surface area (TPSA) is 87.5 Å². The van der Waals surface area contributed by atoms with Gasteiger partial charge in [0.15, 0.2) is 0 Å². The second-order valence-corrected chi connectivity index (χ2v) is 4.40. The van der Waals surface area contributed by atoms with Crippen LogP contribution in [0, 0.1) is 0 Å². The van der Waals surface area contributed by atoms with Gasteiger partial charge < -0.3 is 21.3 Å².